The van der Waals surface area contributed by atoms with Crippen molar-refractivity contribution >= 4 is 10.0 Å². The third-order valence-corrected chi connectivity index (χ3v) is 4.96. The first-order valence-corrected chi connectivity index (χ1v) is 7.33. The van der Waals surface area contributed by atoms with Crippen molar-refractivity contribution in [1.29, 1.82) is 0 Å². The van der Waals surface area contributed by atoms with E-state index >= 15 is 0 Å². The van der Waals surface area contributed by atoms with Crippen LogP contribution in [0.4, 0.5) is 0 Å². The summed E-state index contributed by atoms with van der Waals surface area (Å²) in [5.74, 6) is 0.710. The quantitative estimate of drug-likeness (QED) is 0.890. The summed E-state index contributed by atoms with van der Waals surface area (Å²) in [5, 5.41) is 0.215. The molecule has 2 heterocycles. The minimum absolute atomic E-state index is 0.0701. The van der Waals surface area contributed by atoms with Crippen LogP contribution in [-0.4, -0.2) is 35.8 Å². The summed E-state index contributed by atoms with van der Waals surface area (Å²) in [6.07, 6.45) is 3.03. The smallest absolute Gasteiger partial charge is 0.260 e. The minimum Gasteiger partial charge on any atom is -0.332 e. The third-order valence-electron chi connectivity index (χ3n) is 3.20. The lowest BCUT2D eigenvalue weighted by molar-refractivity contribution is 0.375. The van der Waals surface area contributed by atoms with Gasteiger partial charge in [-0.2, -0.15) is 4.31 Å². The van der Waals surface area contributed by atoms with Crippen LogP contribution in [0.15, 0.2) is 11.2 Å². The average molecular weight is 257 g/mol. The first-order valence-electron chi connectivity index (χ1n) is 5.89. The van der Waals surface area contributed by atoms with Crippen molar-refractivity contribution in [2.45, 2.75) is 38.6 Å². The summed E-state index contributed by atoms with van der Waals surface area (Å²) in [4.78, 5) is 6.91. The van der Waals surface area contributed by atoms with Crippen molar-refractivity contribution in [3.05, 3.63) is 12.0 Å². The molecule has 5 nitrogen and oxygen atoms in total. The molecule has 2 rings (SSSR count). The fourth-order valence-electron chi connectivity index (χ4n) is 2.06. The van der Waals surface area contributed by atoms with E-state index in [1.54, 1.807) is 4.31 Å². The van der Waals surface area contributed by atoms with E-state index in [1.807, 2.05) is 6.92 Å². The molecule has 0 unspecified atom stereocenters. The highest BCUT2D eigenvalue weighted by molar-refractivity contribution is 7.89. The third kappa shape index (κ3) is 2.37. The Bertz CT molecular complexity index is 505. The lowest BCUT2D eigenvalue weighted by Gasteiger charge is -2.18. The van der Waals surface area contributed by atoms with E-state index in [0.717, 1.165) is 6.42 Å². The topological polar surface area (TPSA) is 66.1 Å². The molecule has 0 bridgehead atoms. The molecule has 0 aromatic carbocycles. The number of H-pyrrole nitrogens is 1. The fourth-order valence-corrected chi connectivity index (χ4v) is 3.62. The Morgan fingerprint density at radius 3 is 2.71 bits per heavy atom. The molecule has 1 aliphatic heterocycles. The van der Waals surface area contributed by atoms with Gasteiger partial charge in [-0.3, -0.25) is 0 Å². The van der Waals surface area contributed by atoms with Crippen LogP contribution in [0.2, 0.25) is 0 Å². The number of hydrogen-bond acceptors (Lipinski definition) is 3. The molecule has 6 heteroatoms. The molecule has 96 valence electrons. The van der Waals surface area contributed by atoms with Crippen molar-refractivity contribution < 1.29 is 8.42 Å². The Morgan fingerprint density at radius 1 is 1.53 bits per heavy atom. The second-order valence-electron chi connectivity index (χ2n) is 5.30. The van der Waals surface area contributed by atoms with Crippen LogP contribution in [0.1, 0.15) is 33.0 Å². The van der Waals surface area contributed by atoms with Crippen LogP contribution in [0, 0.1) is 5.41 Å². The van der Waals surface area contributed by atoms with Crippen LogP contribution in [0.25, 0.3) is 0 Å². The molecule has 0 aliphatic carbocycles. The van der Waals surface area contributed by atoms with Crippen LogP contribution >= 0.6 is 0 Å². The number of nitrogens with one attached hydrogen (secondary N) is 1. The molecule has 0 radical (unpaired) electrons. The second kappa shape index (κ2) is 4.10. The summed E-state index contributed by atoms with van der Waals surface area (Å²) in [6.45, 7) is 7.29. The SMILES string of the molecule is CCc1ncc(S(=O)(=O)N2CCC(C)(C)C2)[nH]1. The van der Waals surface area contributed by atoms with E-state index in [1.165, 1.54) is 6.20 Å². The summed E-state index contributed by atoms with van der Waals surface area (Å²) < 4.78 is 26.2. The molecule has 1 N–H and O–H groups in total. The molecular weight excluding hydrogens is 238 g/mol. The highest BCUT2D eigenvalue weighted by atomic mass is 32.2. The van der Waals surface area contributed by atoms with Crippen molar-refractivity contribution in [2.24, 2.45) is 5.41 Å². The summed E-state index contributed by atoms with van der Waals surface area (Å²) in [6, 6.07) is 0. The van der Waals surface area contributed by atoms with Crippen molar-refractivity contribution in [3.63, 3.8) is 0 Å². The molecule has 1 saturated heterocycles. The van der Waals surface area contributed by atoms with Gasteiger partial charge in [0.1, 0.15) is 5.82 Å². The highest BCUT2D eigenvalue weighted by Gasteiger charge is 2.37. The minimum atomic E-state index is -3.38. The lowest BCUT2D eigenvalue weighted by atomic mass is 9.93. The largest absolute Gasteiger partial charge is 0.332 e. The van der Waals surface area contributed by atoms with Gasteiger partial charge < -0.3 is 4.98 Å². The van der Waals surface area contributed by atoms with Crippen LogP contribution in [0.5, 0.6) is 0 Å². The predicted molar refractivity (Wildman–Crippen MR) is 65.1 cm³/mol. The van der Waals surface area contributed by atoms with E-state index < -0.39 is 10.0 Å². The number of imidazole rings is 1. The van der Waals surface area contributed by atoms with Gasteiger partial charge in [0.2, 0.25) is 0 Å². The van der Waals surface area contributed by atoms with E-state index in [2.05, 4.69) is 23.8 Å². The number of aromatic amines is 1. The first-order chi connectivity index (χ1) is 7.85. The van der Waals surface area contributed by atoms with E-state index in [9.17, 15) is 8.42 Å². The molecule has 0 spiro atoms. The van der Waals surface area contributed by atoms with Crippen molar-refractivity contribution in [3.8, 4) is 0 Å². The number of rotatable bonds is 3. The van der Waals surface area contributed by atoms with Crippen molar-refractivity contribution in [2.75, 3.05) is 13.1 Å². The number of aryl methyl sites for hydroxylation is 1. The zero-order valence-electron chi connectivity index (χ0n) is 10.5. The maximum atomic E-state index is 12.3. The van der Waals surface area contributed by atoms with E-state index in [-0.39, 0.29) is 10.4 Å². The summed E-state index contributed by atoms with van der Waals surface area (Å²) in [7, 11) is -3.38. The van der Waals surface area contributed by atoms with Crippen LogP contribution in [-0.2, 0) is 16.4 Å². The molecule has 1 aliphatic rings. The molecule has 0 atom stereocenters. The Kier molecular flexibility index (Phi) is 3.03. The molecule has 0 amide bonds. The molecule has 1 aromatic heterocycles. The lowest BCUT2D eigenvalue weighted by Crippen LogP contribution is -2.30. The van der Waals surface area contributed by atoms with Gasteiger partial charge in [0.25, 0.3) is 10.0 Å². The van der Waals surface area contributed by atoms with Gasteiger partial charge in [-0.1, -0.05) is 20.8 Å². The predicted octanol–water partition coefficient (Wildman–Crippen LogP) is 1.39. The molecule has 0 saturated carbocycles. The van der Waals surface area contributed by atoms with Crippen LogP contribution < -0.4 is 0 Å². The molecular formula is C11H19N3O2S. The van der Waals surface area contributed by atoms with Gasteiger partial charge in [0.05, 0.1) is 6.20 Å². The Morgan fingerprint density at radius 2 is 2.24 bits per heavy atom. The Balaban J connectivity index is 2.25. The molecule has 1 aromatic rings. The van der Waals surface area contributed by atoms with Gasteiger partial charge >= 0.3 is 0 Å². The van der Waals surface area contributed by atoms with Gasteiger partial charge in [-0.05, 0) is 11.8 Å². The highest BCUT2D eigenvalue weighted by Crippen LogP contribution is 2.32. The number of sulfonamides is 1. The maximum Gasteiger partial charge on any atom is 0.260 e. The first kappa shape index (κ1) is 12.6. The number of hydrogen-bond donors (Lipinski definition) is 1. The Hall–Kier alpha value is -0.880. The zero-order valence-corrected chi connectivity index (χ0v) is 11.3. The van der Waals surface area contributed by atoms with Gasteiger partial charge in [0.15, 0.2) is 5.03 Å². The standard InChI is InChI=1S/C11H19N3O2S/c1-4-9-12-7-10(13-9)17(15,16)14-6-5-11(2,3)8-14/h7H,4-6,8H2,1-3H3,(H,12,13). The molecule has 1 fully saturated rings. The van der Waals surface area contributed by atoms with E-state index in [4.69, 9.17) is 0 Å². The average Bonchev–Trinajstić information content (AvgIpc) is 2.84. The normalized spacial score (nSPS) is 20.9. The number of nitrogens with zero attached hydrogens (tertiary/aromatic N) is 2. The van der Waals surface area contributed by atoms with Crippen LogP contribution in [0.3, 0.4) is 0 Å². The summed E-state index contributed by atoms with van der Waals surface area (Å²) >= 11 is 0. The summed E-state index contributed by atoms with van der Waals surface area (Å²) in [5.41, 5.74) is 0.0701. The maximum absolute atomic E-state index is 12.3. The molecule has 17 heavy (non-hydrogen) atoms. The van der Waals surface area contributed by atoms with Crippen molar-refractivity contribution in [1.82, 2.24) is 14.3 Å². The number of aromatic nitrogens is 2. The fraction of sp³-hybridized carbons (Fsp3) is 0.727. The monoisotopic (exact) mass is 257 g/mol. The van der Waals surface area contributed by atoms with Gasteiger partial charge in [0, 0.05) is 19.5 Å². The van der Waals surface area contributed by atoms with Gasteiger partial charge in [-0.25, -0.2) is 13.4 Å². The van der Waals surface area contributed by atoms with Gasteiger partial charge in [-0.15, -0.1) is 0 Å². The Labute approximate surface area is 102 Å². The van der Waals surface area contributed by atoms with E-state index in [0.29, 0.717) is 25.3 Å². The second-order valence-corrected chi connectivity index (χ2v) is 7.21. The zero-order chi connectivity index (χ0) is 12.7.